The molecule has 23 heavy (non-hydrogen) atoms. The van der Waals surface area contributed by atoms with Crippen LogP contribution >= 0.6 is 0 Å². The molecule has 1 aliphatic heterocycles. The van der Waals surface area contributed by atoms with E-state index in [0.29, 0.717) is 0 Å². The average molecular weight is 362 g/mol. The number of carboxylic acid groups (broad SMARTS) is 2. The van der Waals surface area contributed by atoms with Gasteiger partial charge >= 0.3 is 43.7 Å². The topological polar surface area (TPSA) is 187 Å². The summed E-state index contributed by atoms with van der Waals surface area (Å²) in [6, 6.07) is 0. The van der Waals surface area contributed by atoms with Gasteiger partial charge in [0.05, 0.1) is 6.61 Å². The molecule has 0 aromatic rings. The number of ether oxygens (including phenoxy) is 1. The van der Waals surface area contributed by atoms with Crippen molar-refractivity contribution in [2.45, 2.75) is 38.9 Å². The van der Waals surface area contributed by atoms with Crippen molar-refractivity contribution in [2.24, 2.45) is 0 Å². The Morgan fingerprint density at radius 3 is 1.70 bits per heavy atom. The molecule has 2 atom stereocenters. The summed E-state index contributed by atoms with van der Waals surface area (Å²) in [5.41, 5.74) is 0. The maximum atomic E-state index is 10.5. The molecule has 0 aromatic carbocycles. The van der Waals surface area contributed by atoms with Gasteiger partial charge in [0.1, 0.15) is 6.10 Å². The van der Waals surface area contributed by atoms with Crippen molar-refractivity contribution in [3.05, 3.63) is 11.5 Å². The fourth-order valence-electron chi connectivity index (χ4n) is 0.823. The molecule has 4 N–H and O–H groups in total. The monoisotopic (exact) mass is 362 g/mol. The summed E-state index contributed by atoms with van der Waals surface area (Å²) in [5, 5.41) is 53.6. The average Bonchev–Trinajstić information content (AvgIpc) is 2.75. The first-order chi connectivity index (χ1) is 10.1. The van der Waals surface area contributed by atoms with Crippen molar-refractivity contribution in [1.29, 1.82) is 0 Å². The van der Waals surface area contributed by atoms with Gasteiger partial charge in [-0.3, -0.25) is 0 Å². The largest absolute Gasteiger partial charge is 2.00 e. The zero-order valence-corrected chi connectivity index (χ0v) is 14.9. The SMILES string of the molecule is CCC(=O)[O-].CCC(=O)[O-].O=C1O[C@H]([C@@H](O)CO)C(O)=C1O.[Ca+2]. The molecule has 11 heteroatoms. The molecule has 1 heterocycles. The van der Waals surface area contributed by atoms with Crippen LogP contribution in [0.1, 0.15) is 26.7 Å². The van der Waals surface area contributed by atoms with E-state index >= 15 is 0 Å². The molecule has 0 aliphatic carbocycles. The van der Waals surface area contributed by atoms with Gasteiger partial charge < -0.3 is 45.0 Å². The number of aliphatic hydroxyl groups is 4. The van der Waals surface area contributed by atoms with Crippen LogP contribution in [0.25, 0.3) is 0 Å². The molecule has 0 spiro atoms. The number of hydrogen-bond acceptors (Lipinski definition) is 10. The molecule has 10 nitrogen and oxygen atoms in total. The van der Waals surface area contributed by atoms with Crippen LogP contribution in [0, 0.1) is 0 Å². The van der Waals surface area contributed by atoms with Crippen LogP contribution in [-0.4, -0.2) is 94.9 Å². The molecule has 0 bridgehead atoms. The van der Waals surface area contributed by atoms with E-state index in [4.69, 9.17) is 20.4 Å². The van der Waals surface area contributed by atoms with Crippen LogP contribution in [0.5, 0.6) is 0 Å². The standard InChI is InChI=1S/C6H8O6.2C3H6O2.Ca/c7-1-2(8)5-3(9)4(10)6(11)12-5;2*1-2-3(4)5;/h2,5,7-10H,1H2;2*2H2,1H3,(H,4,5);/q;;;+2/p-2/t2-,5+;;;/m0.../s1. The third-order valence-electron chi connectivity index (χ3n) is 2.05. The van der Waals surface area contributed by atoms with E-state index in [-0.39, 0.29) is 50.6 Å². The molecule has 1 aliphatic rings. The Kier molecular flexibility index (Phi) is 16.9. The van der Waals surface area contributed by atoms with E-state index in [1.807, 2.05) is 0 Å². The predicted molar refractivity (Wildman–Crippen MR) is 71.6 cm³/mol. The molecule has 0 saturated carbocycles. The number of aliphatic carboxylic acids is 2. The number of carbonyl (C=O) groups excluding carboxylic acids is 3. The zero-order valence-electron chi connectivity index (χ0n) is 12.7. The number of aliphatic hydroxyl groups excluding tert-OH is 4. The van der Waals surface area contributed by atoms with Gasteiger partial charge in [0.25, 0.3) is 0 Å². The van der Waals surface area contributed by atoms with Gasteiger partial charge in [-0.25, -0.2) is 4.79 Å². The van der Waals surface area contributed by atoms with Crippen molar-refractivity contribution in [1.82, 2.24) is 0 Å². The summed E-state index contributed by atoms with van der Waals surface area (Å²) in [7, 11) is 0. The van der Waals surface area contributed by atoms with E-state index in [2.05, 4.69) is 4.74 Å². The molecule has 0 unspecified atom stereocenters. The first-order valence-electron chi connectivity index (χ1n) is 6.13. The van der Waals surface area contributed by atoms with Crippen molar-refractivity contribution < 1.29 is 49.8 Å². The summed E-state index contributed by atoms with van der Waals surface area (Å²) < 4.78 is 4.32. The third kappa shape index (κ3) is 12.1. The van der Waals surface area contributed by atoms with E-state index in [1.54, 1.807) is 0 Å². The molecule has 0 saturated heterocycles. The van der Waals surface area contributed by atoms with Crippen molar-refractivity contribution >= 4 is 55.6 Å². The molecular weight excluding hydrogens is 344 g/mol. The predicted octanol–water partition coefficient (Wildman–Crippen LogP) is -3.50. The Morgan fingerprint density at radius 2 is 1.52 bits per heavy atom. The maximum Gasteiger partial charge on any atom is 2.00 e. The van der Waals surface area contributed by atoms with Crippen LogP contribution in [0.2, 0.25) is 0 Å². The number of esters is 1. The molecule has 0 fully saturated rings. The Bertz CT molecular complexity index is 406. The van der Waals surface area contributed by atoms with Gasteiger partial charge in [0.15, 0.2) is 11.9 Å². The summed E-state index contributed by atoms with van der Waals surface area (Å²) in [5.74, 6) is -4.77. The van der Waals surface area contributed by atoms with Crippen molar-refractivity contribution in [2.75, 3.05) is 6.61 Å². The number of hydrogen-bond donors (Lipinski definition) is 4. The first-order valence-corrected chi connectivity index (χ1v) is 6.13. The van der Waals surface area contributed by atoms with Gasteiger partial charge in [0, 0.05) is 11.9 Å². The zero-order chi connectivity index (χ0) is 17.9. The fraction of sp³-hybridized carbons (Fsp3) is 0.583. The second-order valence-corrected chi connectivity index (χ2v) is 3.76. The second kappa shape index (κ2) is 14.5. The van der Waals surface area contributed by atoms with Crippen LogP contribution < -0.4 is 10.2 Å². The van der Waals surface area contributed by atoms with Gasteiger partial charge in [0.2, 0.25) is 5.76 Å². The van der Waals surface area contributed by atoms with E-state index < -0.39 is 48.2 Å². The Morgan fingerprint density at radius 1 is 1.17 bits per heavy atom. The van der Waals surface area contributed by atoms with Crippen LogP contribution in [0.3, 0.4) is 0 Å². The van der Waals surface area contributed by atoms with Crippen molar-refractivity contribution in [3.8, 4) is 0 Å². The number of carbonyl (C=O) groups is 3. The molecular formula is C12H18CaO10. The normalized spacial score (nSPS) is 16.7. The van der Waals surface area contributed by atoms with Crippen LogP contribution in [-0.2, 0) is 19.1 Å². The third-order valence-corrected chi connectivity index (χ3v) is 2.05. The van der Waals surface area contributed by atoms with E-state index in [1.165, 1.54) is 13.8 Å². The van der Waals surface area contributed by atoms with E-state index in [9.17, 15) is 24.6 Å². The minimum atomic E-state index is -1.42. The molecule has 0 aromatic heterocycles. The number of carboxylic acids is 2. The summed E-state index contributed by atoms with van der Waals surface area (Å²) in [6.45, 7) is 2.40. The van der Waals surface area contributed by atoms with Crippen LogP contribution in [0.4, 0.5) is 0 Å². The molecule has 128 valence electrons. The minimum absolute atomic E-state index is 0. The van der Waals surface area contributed by atoms with E-state index in [0.717, 1.165) is 0 Å². The second-order valence-electron chi connectivity index (χ2n) is 3.76. The summed E-state index contributed by atoms with van der Waals surface area (Å²) >= 11 is 0. The summed E-state index contributed by atoms with van der Waals surface area (Å²) in [4.78, 5) is 29.0. The Hall–Kier alpha value is -1.07. The quantitative estimate of drug-likeness (QED) is 0.288. The fourth-order valence-corrected chi connectivity index (χ4v) is 0.823. The Labute approximate surface area is 162 Å². The Balaban J connectivity index is -0.000000307. The van der Waals surface area contributed by atoms with Gasteiger partial charge in [-0.15, -0.1) is 0 Å². The molecule has 1 rings (SSSR count). The smallest absolute Gasteiger partial charge is 0.550 e. The first kappa shape index (κ1) is 26.8. The van der Waals surface area contributed by atoms with Crippen molar-refractivity contribution in [3.63, 3.8) is 0 Å². The summed E-state index contributed by atoms with van der Waals surface area (Å²) in [6.07, 6.45) is -2.55. The van der Waals surface area contributed by atoms with Gasteiger partial charge in [-0.1, -0.05) is 13.8 Å². The molecule has 0 radical (unpaired) electrons. The number of rotatable bonds is 4. The maximum absolute atomic E-state index is 10.5. The van der Waals surface area contributed by atoms with Crippen LogP contribution in [0.15, 0.2) is 11.5 Å². The minimum Gasteiger partial charge on any atom is -0.550 e. The van der Waals surface area contributed by atoms with Gasteiger partial charge in [-0.05, 0) is 12.8 Å². The van der Waals surface area contributed by atoms with Gasteiger partial charge in [-0.2, -0.15) is 0 Å². The number of cyclic esters (lactones) is 1. The molecule has 0 amide bonds.